The van der Waals surface area contributed by atoms with Gasteiger partial charge in [0.2, 0.25) is 5.91 Å². The van der Waals surface area contributed by atoms with Gasteiger partial charge in [0.25, 0.3) is 5.91 Å². The molecule has 2 N–H and O–H groups in total. The molecule has 1 unspecified atom stereocenters. The number of amides is 2. The second kappa shape index (κ2) is 10.8. The van der Waals surface area contributed by atoms with Gasteiger partial charge in [0, 0.05) is 13.1 Å². The summed E-state index contributed by atoms with van der Waals surface area (Å²) in [6.45, 7) is 0.542. The molecule has 1 heterocycles. The standard InChI is InChI=1S/C19H26N2O5S/c1-27-11-9-16(18(23)21-10-5-6-14(12-21)19(24)25)20-17(22)13-26-15-7-3-2-4-8-15/h2-4,7-8,14,16H,5-6,9-13H2,1H3,(H,20,22)(H,24,25)/t14-,16?/m0/s1. The van der Waals surface area contributed by atoms with Crippen LogP contribution in [-0.2, 0) is 14.4 Å². The number of aliphatic carboxylic acids is 1. The van der Waals surface area contributed by atoms with Crippen molar-refractivity contribution < 1.29 is 24.2 Å². The molecule has 2 rings (SSSR count). The van der Waals surface area contributed by atoms with Crippen LogP contribution in [0.5, 0.6) is 5.75 Å². The fraction of sp³-hybridized carbons (Fsp3) is 0.526. The second-order valence-electron chi connectivity index (χ2n) is 6.46. The molecule has 1 aliphatic heterocycles. The number of nitrogens with zero attached hydrogens (tertiary/aromatic N) is 1. The van der Waals surface area contributed by atoms with E-state index in [9.17, 15) is 19.5 Å². The van der Waals surface area contributed by atoms with Crippen molar-refractivity contribution in [3.8, 4) is 5.75 Å². The zero-order chi connectivity index (χ0) is 19.6. The van der Waals surface area contributed by atoms with Crippen molar-refractivity contribution >= 4 is 29.5 Å². The van der Waals surface area contributed by atoms with Gasteiger partial charge in [-0.2, -0.15) is 11.8 Å². The molecule has 0 aromatic heterocycles. The summed E-state index contributed by atoms with van der Waals surface area (Å²) < 4.78 is 5.43. The topological polar surface area (TPSA) is 95.9 Å². The first kappa shape index (κ1) is 21.1. The van der Waals surface area contributed by atoms with Crippen LogP contribution in [0.15, 0.2) is 30.3 Å². The zero-order valence-electron chi connectivity index (χ0n) is 15.4. The minimum Gasteiger partial charge on any atom is -0.484 e. The Kier molecular flexibility index (Phi) is 8.44. The highest BCUT2D eigenvalue weighted by Crippen LogP contribution is 2.18. The Labute approximate surface area is 163 Å². The normalized spacial score (nSPS) is 17.8. The molecule has 148 valence electrons. The van der Waals surface area contributed by atoms with E-state index in [0.717, 1.165) is 0 Å². The molecular formula is C19H26N2O5S. The number of carbonyl (C=O) groups is 3. The summed E-state index contributed by atoms with van der Waals surface area (Å²) in [5, 5.41) is 12.0. The quantitative estimate of drug-likeness (QED) is 0.661. The number of carboxylic acids is 1. The lowest BCUT2D eigenvalue weighted by molar-refractivity contribution is -0.147. The molecule has 0 spiro atoms. The van der Waals surface area contributed by atoms with E-state index < -0.39 is 17.9 Å². The lowest BCUT2D eigenvalue weighted by Crippen LogP contribution is -2.53. The number of carboxylic acid groups (broad SMARTS) is 1. The lowest BCUT2D eigenvalue weighted by atomic mass is 9.97. The molecule has 8 heteroatoms. The maximum atomic E-state index is 12.9. The summed E-state index contributed by atoms with van der Waals surface area (Å²) in [7, 11) is 0. The molecule has 0 aliphatic carbocycles. The number of hydrogen-bond donors (Lipinski definition) is 2. The van der Waals surface area contributed by atoms with E-state index in [1.165, 1.54) is 0 Å². The van der Waals surface area contributed by atoms with Crippen molar-refractivity contribution in [2.45, 2.75) is 25.3 Å². The third-order valence-electron chi connectivity index (χ3n) is 4.44. The molecule has 1 aliphatic rings. The van der Waals surface area contributed by atoms with E-state index in [2.05, 4.69) is 5.32 Å². The third-order valence-corrected chi connectivity index (χ3v) is 5.08. The molecule has 0 saturated carbocycles. The number of likely N-dealkylation sites (tertiary alicyclic amines) is 1. The number of para-hydroxylation sites is 1. The minimum absolute atomic E-state index is 0.176. The van der Waals surface area contributed by atoms with Gasteiger partial charge in [0.1, 0.15) is 11.8 Å². The van der Waals surface area contributed by atoms with Gasteiger partial charge in [-0.1, -0.05) is 18.2 Å². The lowest BCUT2D eigenvalue weighted by Gasteiger charge is -2.33. The largest absolute Gasteiger partial charge is 0.484 e. The number of thioether (sulfide) groups is 1. The number of carbonyl (C=O) groups excluding carboxylic acids is 2. The highest BCUT2D eigenvalue weighted by Gasteiger charge is 2.32. The van der Waals surface area contributed by atoms with Crippen LogP contribution in [0.1, 0.15) is 19.3 Å². The molecule has 0 bridgehead atoms. The maximum absolute atomic E-state index is 12.9. The summed E-state index contributed by atoms with van der Waals surface area (Å²) in [5.74, 6) is -0.713. The fourth-order valence-electron chi connectivity index (χ4n) is 2.99. The van der Waals surface area contributed by atoms with Crippen molar-refractivity contribution in [3.05, 3.63) is 30.3 Å². The Hall–Kier alpha value is -2.22. The van der Waals surface area contributed by atoms with Crippen LogP contribution >= 0.6 is 11.8 Å². The van der Waals surface area contributed by atoms with Crippen molar-refractivity contribution in [2.24, 2.45) is 5.92 Å². The Bertz CT molecular complexity index is 640. The van der Waals surface area contributed by atoms with Crippen LogP contribution < -0.4 is 10.1 Å². The van der Waals surface area contributed by atoms with Crippen LogP contribution in [0.25, 0.3) is 0 Å². The number of ether oxygens (including phenoxy) is 1. The van der Waals surface area contributed by atoms with Crippen LogP contribution in [-0.4, -0.2) is 65.5 Å². The Morgan fingerprint density at radius 1 is 1.33 bits per heavy atom. The molecule has 0 radical (unpaired) electrons. The van der Waals surface area contributed by atoms with Gasteiger partial charge in [0.15, 0.2) is 6.61 Å². The van der Waals surface area contributed by atoms with E-state index >= 15 is 0 Å². The second-order valence-corrected chi connectivity index (χ2v) is 7.45. The van der Waals surface area contributed by atoms with Crippen molar-refractivity contribution in [1.82, 2.24) is 10.2 Å². The van der Waals surface area contributed by atoms with Crippen molar-refractivity contribution in [1.29, 1.82) is 0 Å². The van der Waals surface area contributed by atoms with Crippen LogP contribution in [0.4, 0.5) is 0 Å². The fourth-order valence-corrected chi connectivity index (χ4v) is 3.47. The number of hydrogen-bond acceptors (Lipinski definition) is 5. The van der Waals surface area contributed by atoms with Gasteiger partial charge in [0.05, 0.1) is 5.92 Å². The molecule has 1 saturated heterocycles. The van der Waals surface area contributed by atoms with Crippen LogP contribution in [0, 0.1) is 5.92 Å². The predicted molar refractivity (Wildman–Crippen MR) is 104 cm³/mol. The Morgan fingerprint density at radius 3 is 2.74 bits per heavy atom. The van der Waals surface area contributed by atoms with E-state index in [0.29, 0.717) is 37.3 Å². The molecule has 1 aromatic carbocycles. The van der Waals surface area contributed by atoms with Gasteiger partial charge in [-0.05, 0) is 43.4 Å². The van der Waals surface area contributed by atoms with Gasteiger partial charge >= 0.3 is 5.97 Å². The summed E-state index contributed by atoms with van der Waals surface area (Å²) in [4.78, 5) is 37.9. The Balaban J connectivity index is 1.93. The van der Waals surface area contributed by atoms with Crippen molar-refractivity contribution in [3.63, 3.8) is 0 Å². The van der Waals surface area contributed by atoms with Crippen LogP contribution in [0.2, 0.25) is 0 Å². The van der Waals surface area contributed by atoms with Crippen molar-refractivity contribution in [2.75, 3.05) is 31.7 Å². The maximum Gasteiger partial charge on any atom is 0.308 e. The van der Waals surface area contributed by atoms with Crippen LogP contribution in [0.3, 0.4) is 0 Å². The highest BCUT2D eigenvalue weighted by molar-refractivity contribution is 7.98. The summed E-state index contributed by atoms with van der Waals surface area (Å²) in [6, 6.07) is 8.32. The van der Waals surface area contributed by atoms with Gasteiger partial charge < -0.3 is 20.1 Å². The zero-order valence-corrected chi connectivity index (χ0v) is 16.2. The third kappa shape index (κ3) is 6.78. The average Bonchev–Trinajstić information content (AvgIpc) is 2.69. The van der Waals surface area contributed by atoms with E-state index in [1.807, 2.05) is 24.5 Å². The molecular weight excluding hydrogens is 368 g/mol. The summed E-state index contributed by atoms with van der Waals surface area (Å²) in [6.07, 6.45) is 3.66. The summed E-state index contributed by atoms with van der Waals surface area (Å²) in [5.41, 5.74) is 0. The number of piperidine rings is 1. The molecule has 1 aromatic rings. The minimum atomic E-state index is -0.881. The first-order chi connectivity index (χ1) is 13.0. The predicted octanol–water partition coefficient (Wildman–Crippen LogP) is 1.63. The first-order valence-corrected chi connectivity index (χ1v) is 10.4. The summed E-state index contributed by atoms with van der Waals surface area (Å²) >= 11 is 1.59. The molecule has 1 fully saturated rings. The highest BCUT2D eigenvalue weighted by atomic mass is 32.2. The van der Waals surface area contributed by atoms with Gasteiger partial charge in [-0.15, -0.1) is 0 Å². The molecule has 2 amide bonds. The number of nitrogens with one attached hydrogen (secondary N) is 1. The molecule has 2 atom stereocenters. The molecule has 7 nitrogen and oxygen atoms in total. The van der Waals surface area contributed by atoms with E-state index in [1.54, 1.807) is 28.8 Å². The van der Waals surface area contributed by atoms with E-state index in [4.69, 9.17) is 4.74 Å². The monoisotopic (exact) mass is 394 g/mol. The van der Waals surface area contributed by atoms with Gasteiger partial charge in [-0.25, -0.2) is 0 Å². The number of rotatable bonds is 9. The van der Waals surface area contributed by atoms with E-state index in [-0.39, 0.29) is 25.0 Å². The Morgan fingerprint density at radius 2 is 2.07 bits per heavy atom. The number of benzene rings is 1. The smallest absolute Gasteiger partial charge is 0.308 e. The first-order valence-electron chi connectivity index (χ1n) is 8.99. The SMILES string of the molecule is CSCCC(NC(=O)COc1ccccc1)C(=O)N1CCC[C@H](C(=O)O)C1. The average molecular weight is 394 g/mol. The molecule has 27 heavy (non-hydrogen) atoms. The van der Waals surface area contributed by atoms with Gasteiger partial charge in [-0.3, -0.25) is 14.4 Å².